The number of nitrogens with zero attached hydrogens (tertiary/aromatic N) is 2. The van der Waals surface area contributed by atoms with Gasteiger partial charge >= 0.3 is 0 Å². The Kier molecular flexibility index (Phi) is 7.54. The maximum absolute atomic E-state index is 14.0. The number of anilines is 1. The first-order valence-corrected chi connectivity index (χ1v) is 13.8. The van der Waals surface area contributed by atoms with E-state index in [1.54, 1.807) is 42.9 Å². The van der Waals surface area contributed by atoms with Crippen molar-refractivity contribution >= 4 is 29.0 Å². The maximum Gasteiger partial charge on any atom is 0.271 e. The van der Waals surface area contributed by atoms with E-state index in [4.69, 9.17) is 4.74 Å². The number of ether oxygens (including phenoxy) is 1. The number of nitrogens with one attached hydrogen (secondary N) is 1. The van der Waals surface area contributed by atoms with Gasteiger partial charge in [0.15, 0.2) is 4.80 Å². The second kappa shape index (κ2) is 11.1. The van der Waals surface area contributed by atoms with Crippen molar-refractivity contribution in [3.63, 3.8) is 0 Å². The van der Waals surface area contributed by atoms with Crippen LogP contribution < -0.4 is 24.9 Å². The topological polar surface area (TPSA) is 72.7 Å². The third-order valence-corrected chi connectivity index (χ3v) is 7.99. The van der Waals surface area contributed by atoms with Crippen LogP contribution in [0.3, 0.4) is 0 Å². The molecule has 1 amide bonds. The summed E-state index contributed by atoms with van der Waals surface area (Å²) in [6.45, 7) is 7.93. The highest BCUT2D eigenvalue weighted by Gasteiger charge is 2.32. The van der Waals surface area contributed by atoms with Crippen LogP contribution in [0.5, 0.6) is 5.75 Å². The zero-order chi connectivity index (χ0) is 28.6. The van der Waals surface area contributed by atoms with Crippen LogP contribution in [0.15, 0.2) is 87.8 Å². The summed E-state index contributed by atoms with van der Waals surface area (Å²) in [6, 6.07) is 18.2. The molecule has 6 nitrogen and oxygen atoms in total. The number of hydrogen-bond donors (Lipinski definition) is 1. The van der Waals surface area contributed by atoms with Gasteiger partial charge in [0.1, 0.15) is 11.6 Å². The van der Waals surface area contributed by atoms with Crippen molar-refractivity contribution in [3.05, 3.63) is 126 Å². The summed E-state index contributed by atoms with van der Waals surface area (Å²) in [5.74, 6) is 0.273. The van der Waals surface area contributed by atoms with Gasteiger partial charge < -0.3 is 10.1 Å². The number of carbonyl (C=O) groups is 1. The summed E-state index contributed by atoms with van der Waals surface area (Å²) in [6.07, 6.45) is 1.87. The summed E-state index contributed by atoms with van der Waals surface area (Å²) < 4.78 is 21.5. The summed E-state index contributed by atoms with van der Waals surface area (Å²) in [5.41, 5.74) is 4.73. The van der Waals surface area contributed by atoms with Gasteiger partial charge in [-0.15, -0.1) is 0 Å². The smallest absolute Gasteiger partial charge is 0.271 e. The molecule has 1 aliphatic rings. The SMILES string of the molecule is COc1cc(C)c(/C=c2/sc3n(c2=O)[C@H](c2ccc(F)cc2)C(C(=O)Nc2ccccc2)=C(C)N=3)cc1C(C)C. The second-order valence-electron chi connectivity index (χ2n) is 10.1. The molecule has 5 rings (SSSR count). The predicted molar refractivity (Wildman–Crippen MR) is 157 cm³/mol. The lowest BCUT2D eigenvalue weighted by Crippen LogP contribution is -2.40. The average Bonchev–Trinajstić information content (AvgIpc) is 3.23. The van der Waals surface area contributed by atoms with Crippen LogP contribution in [0.2, 0.25) is 0 Å². The number of methoxy groups -OCH3 is 1. The molecule has 3 aromatic carbocycles. The number of aromatic nitrogens is 1. The van der Waals surface area contributed by atoms with E-state index in [9.17, 15) is 14.0 Å². The van der Waals surface area contributed by atoms with E-state index < -0.39 is 11.9 Å². The minimum absolute atomic E-state index is 0.232. The van der Waals surface area contributed by atoms with Gasteiger partial charge in [-0.25, -0.2) is 9.38 Å². The molecule has 0 fully saturated rings. The standard InChI is InChI=1S/C32H30FN3O3S/c1-18(2)25-16-22(19(3)15-26(25)39-5)17-27-31(38)36-29(21-11-13-23(33)14-12-21)28(20(4)34-32(36)40-27)30(37)35-24-9-7-6-8-10-24/h6-18,29H,1-5H3,(H,35,37)/b27-17+/t29-/m1/s1. The highest BCUT2D eigenvalue weighted by Crippen LogP contribution is 2.32. The van der Waals surface area contributed by atoms with Gasteiger partial charge in [0, 0.05) is 5.69 Å². The van der Waals surface area contributed by atoms with Gasteiger partial charge in [-0.1, -0.05) is 55.5 Å². The zero-order valence-corrected chi connectivity index (χ0v) is 23.8. The Hall–Kier alpha value is -4.30. The van der Waals surface area contributed by atoms with Gasteiger partial charge in [-0.3, -0.25) is 14.2 Å². The van der Waals surface area contributed by atoms with Crippen molar-refractivity contribution in [2.45, 2.75) is 39.7 Å². The summed E-state index contributed by atoms with van der Waals surface area (Å²) in [7, 11) is 1.65. The third kappa shape index (κ3) is 5.14. The van der Waals surface area contributed by atoms with Crippen LogP contribution >= 0.6 is 11.3 Å². The molecule has 0 saturated carbocycles. The van der Waals surface area contributed by atoms with Gasteiger partial charge in [-0.2, -0.15) is 0 Å². The molecule has 1 aliphatic heterocycles. The van der Waals surface area contributed by atoms with Gasteiger partial charge in [0.05, 0.1) is 29.0 Å². The van der Waals surface area contributed by atoms with E-state index in [0.29, 0.717) is 31.9 Å². The number of hydrogen-bond acceptors (Lipinski definition) is 5. The number of benzene rings is 3. The van der Waals surface area contributed by atoms with E-state index in [1.165, 1.54) is 23.5 Å². The highest BCUT2D eigenvalue weighted by molar-refractivity contribution is 7.07. The molecule has 0 bridgehead atoms. The van der Waals surface area contributed by atoms with Crippen molar-refractivity contribution in [1.29, 1.82) is 0 Å². The molecule has 204 valence electrons. The number of rotatable bonds is 6. The normalized spacial score (nSPS) is 15.2. The number of aryl methyl sites for hydroxylation is 1. The Morgan fingerprint density at radius 2 is 1.80 bits per heavy atom. The minimum Gasteiger partial charge on any atom is -0.496 e. The molecule has 0 spiro atoms. The molecule has 0 radical (unpaired) electrons. The molecule has 0 aliphatic carbocycles. The lowest BCUT2D eigenvalue weighted by Gasteiger charge is -2.25. The lowest BCUT2D eigenvalue weighted by molar-refractivity contribution is -0.113. The molecule has 1 aromatic heterocycles. The summed E-state index contributed by atoms with van der Waals surface area (Å²) >= 11 is 1.27. The monoisotopic (exact) mass is 555 g/mol. The first-order chi connectivity index (χ1) is 19.2. The first-order valence-electron chi connectivity index (χ1n) is 13.0. The van der Waals surface area contributed by atoms with Crippen LogP contribution in [0.1, 0.15) is 55.0 Å². The number of para-hydroxylation sites is 1. The third-order valence-electron chi connectivity index (χ3n) is 7.01. The van der Waals surface area contributed by atoms with Crippen LogP contribution in [-0.2, 0) is 4.79 Å². The number of thiazole rings is 1. The molecule has 1 atom stereocenters. The van der Waals surface area contributed by atoms with Crippen molar-refractivity contribution in [1.82, 2.24) is 4.57 Å². The summed E-state index contributed by atoms with van der Waals surface area (Å²) in [5, 5.41) is 2.92. The number of halogens is 1. The molecule has 2 heterocycles. The Labute approximate surface area is 235 Å². The van der Waals surface area contributed by atoms with Gasteiger partial charge in [0.2, 0.25) is 0 Å². The fourth-order valence-electron chi connectivity index (χ4n) is 4.93. The molecule has 4 aromatic rings. The molecule has 0 unspecified atom stereocenters. The first kappa shape index (κ1) is 27.3. The Bertz CT molecular complexity index is 1800. The van der Waals surface area contributed by atoms with Crippen LogP contribution in [-0.4, -0.2) is 17.6 Å². The highest BCUT2D eigenvalue weighted by atomic mass is 32.1. The van der Waals surface area contributed by atoms with E-state index in [2.05, 4.69) is 30.2 Å². The molecule has 8 heteroatoms. The Morgan fingerprint density at radius 3 is 2.45 bits per heavy atom. The minimum atomic E-state index is -0.772. The van der Waals surface area contributed by atoms with E-state index in [0.717, 1.165) is 22.4 Å². The van der Waals surface area contributed by atoms with Crippen molar-refractivity contribution in [3.8, 4) is 5.75 Å². The Morgan fingerprint density at radius 1 is 1.10 bits per heavy atom. The zero-order valence-electron chi connectivity index (χ0n) is 23.0. The lowest BCUT2D eigenvalue weighted by atomic mass is 9.95. The maximum atomic E-state index is 14.0. The van der Waals surface area contributed by atoms with E-state index in [1.807, 2.05) is 37.3 Å². The van der Waals surface area contributed by atoms with Crippen LogP contribution in [0.25, 0.3) is 6.08 Å². The number of fused-ring (bicyclic) bond motifs is 1. The predicted octanol–water partition coefficient (Wildman–Crippen LogP) is 5.45. The van der Waals surface area contributed by atoms with E-state index >= 15 is 0 Å². The van der Waals surface area contributed by atoms with E-state index in [-0.39, 0.29) is 17.4 Å². The fraction of sp³-hybridized carbons (Fsp3) is 0.219. The quantitative estimate of drug-likeness (QED) is 0.344. The molecule has 40 heavy (non-hydrogen) atoms. The number of carbonyl (C=O) groups excluding carboxylic acids is 1. The second-order valence-corrected chi connectivity index (χ2v) is 11.1. The van der Waals surface area contributed by atoms with Crippen molar-refractivity contribution in [2.75, 3.05) is 12.4 Å². The average molecular weight is 556 g/mol. The molecule has 1 N–H and O–H groups in total. The van der Waals surface area contributed by atoms with Crippen molar-refractivity contribution in [2.24, 2.45) is 4.99 Å². The summed E-state index contributed by atoms with van der Waals surface area (Å²) in [4.78, 5) is 32.8. The Balaban J connectivity index is 1.68. The van der Waals surface area contributed by atoms with Gasteiger partial charge in [-0.05, 0) is 84.5 Å². The molecular weight excluding hydrogens is 525 g/mol. The number of amides is 1. The van der Waals surface area contributed by atoms with Crippen molar-refractivity contribution < 1.29 is 13.9 Å². The molecule has 0 saturated heterocycles. The van der Waals surface area contributed by atoms with Crippen LogP contribution in [0.4, 0.5) is 10.1 Å². The fourth-order valence-corrected chi connectivity index (χ4v) is 5.97. The van der Waals surface area contributed by atoms with Gasteiger partial charge in [0.25, 0.3) is 11.5 Å². The largest absolute Gasteiger partial charge is 0.496 e. The van der Waals surface area contributed by atoms with Crippen LogP contribution in [0, 0.1) is 12.7 Å². The number of allylic oxidation sites excluding steroid dienone is 1. The molecular formula is C32H30FN3O3S.